The van der Waals surface area contributed by atoms with Crippen LogP contribution in [-0.2, 0) is 22.6 Å². The van der Waals surface area contributed by atoms with E-state index in [0.717, 1.165) is 12.0 Å². The van der Waals surface area contributed by atoms with Gasteiger partial charge in [0.25, 0.3) is 0 Å². The predicted octanol–water partition coefficient (Wildman–Crippen LogP) is 2.18. The second-order valence-electron chi connectivity index (χ2n) is 5.62. The highest BCUT2D eigenvalue weighted by atomic mass is 16.2. The van der Waals surface area contributed by atoms with Crippen LogP contribution >= 0.6 is 0 Å². The Kier molecular flexibility index (Phi) is 6.95. The highest BCUT2D eigenvalue weighted by Gasteiger charge is 2.11. The molecule has 2 rings (SSSR count). The van der Waals surface area contributed by atoms with Gasteiger partial charge in [-0.2, -0.15) is 0 Å². The van der Waals surface area contributed by atoms with Gasteiger partial charge in [0.1, 0.15) is 0 Å². The molecule has 0 saturated carbocycles. The summed E-state index contributed by atoms with van der Waals surface area (Å²) >= 11 is 0. The zero-order chi connectivity index (χ0) is 17.2. The van der Waals surface area contributed by atoms with Crippen molar-refractivity contribution in [1.29, 1.82) is 0 Å². The van der Waals surface area contributed by atoms with Gasteiger partial charge in [0.2, 0.25) is 11.8 Å². The topological polar surface area (TPSA) is 62.3 Å². The highest BCUT2D eigenvalue weighted by Crippen LogP contribution is 2.03. The molecule has 0 aliphatic carbocycles. The van der Waals surface area contributed by atoms with Gasteiger partial charge < -0.3 is 10.2 Å². The molecule has 0 fully saturated rings. The lowest BCUT2D eigenvalue weighted by molar-refractivity contribution is -0.129. The molecule has 1 N–H and O–H groups in total. The minimum Gasteiger partial charge on any atom is -0.352 e. The van der Waals surface area contributed by atoms with Gasteiger partial charge in [0.15, 0.2) is 0 Å². The molecule has 0 saturated heterocycles. The van der Waals surface area contributed by atoms with Crippen molar-refractivity contribution in [3.8, 4) is 0 Å². The minimum absolute atomic E-state index is 0.00661. The summed E-state index contributed by atoms with van der Waals surface area (Å²) in [5.74, 6) is -0.0642. The Morgan fingerprint density at radius 2 is 1.71 bits per heavy atom. The molecule has 0 aliphatic heterocycles. The monoisotopic (exact) mass is 325 g/mol. The van der Waals surface area contributed by atoms with Gasteiger partial charge in [-0.05, 0) is 29.7 Å². The van der Waals surface area contributed by atoms with Crippen LogP contribution in [0.15, 0.2) is 54.9 Å². The van der Waals surface area contributed by atoms with E-state index in [1.165, 1.54) is 5.56 Å². The minimum atomic E-state index is -0.0576. The number of pyridine rings is 1. The number of carbonyl (C=O) groups excluding carboxylic acids is 2. The molecule has 0 bridgehead atoms. The molecule has 0 unspecified atom stereocenters. The molecular formula is C19H23N3O2. The van der Waals surface area contributed by atoms with E-state index < -0.39 is 0 Å². The molecule has 2 amide bonds. The molecule has 24 heavy (non-hydrogen) atoms. The summed E-state index contributed by atoms with van der Waals surface area (Å²) in [5.41, 5.74) is 2.19. The van der Waals surface area contributed by atoms with Gasteiger partial charge in [-0.25, -0.2) is 0 Å². The van der Waals surface area contributed by atoms with Crippen LogP contribution in [-0.4, -0.2) is 34.8 Å². The summed E-state index contributed by atoms with van der Waals surface area (Å²) in [6, 6.07) is 13.8. The Hall–Kier alpha value is -2.69. The third kappa shape index (κ3) is 6.20. The maximum absolute atomic E-state index is 12.0. The van der Waals surface area contributed by atoms with Crippen LogP contribution in [0.4, 0.5) is 0 Å². The average molecular weight is 325 g/mol. The number of carbonyl (C=O) groups is 2. The summed E-state index contributed by atoms with van der Waals surface area (Å²) in [6.45, 7) is 3.08. The van der Waals surface area contributed by atoms with Crippen molar-refractivity contribution >= 4 is 11.8 Å². The molecule has 1 aromatic heterocycles. The van der Waals surface area contributed by atoms with E-state index >= 15 is 0 Å². The molecule has 0 atom stereocenters. The van der Waals surface area contributed by atoms with Gasteiger partial charge in [-0.15, -0.1) is 0 Å². The predicted molar refractivity (Wildman–Crippen MR) is 93.1 cm³/mol. The number of amides is 2. The van der Waals surface area contributed by atoms with Crippen molar-refractivity contribution < 1.29 is 9.59 Å². The summed E-state index contributed by atoms with van der Waals surface area (Å²) in [6.07, 6.45) is 4.49. The second kappa shape index (κ2) is 9.45. The standard InChI is InChI=1S/C19H23N3O2/c1-16(23)22(13-9-17-5-3-2-4-6-17)14-10-19(24)21-15-18-7-11-20-12-8-18/h2-8,11-12H,9-10,13-15H2,1H3,(H,21,24). The molecule has 5 nitrogen and oxygen atoms in total. The first-order chi connectivity index (χ1) is 11.6. The second-order valence-corrected chi connectivity index (χ2v) is 5.62. The van der Waals surface area contributed by atoms with Crippen molar-refractivity contribution in [1.82, 2.24) is 15.2 Å². The van der Waals surface area contributed by atoms with Gasteiger partial charge in [-0.1, -0.05) is 30.3 Å². The van der Waals surface area contributed by atoms with Crippen molar-refractivity contribution in [3.63, 3.8) is 0 Å². The lowest BCUT2D eigenvalue weighted by Gasteiger charge is -2.21. The number of aromatic nitrogens is 1. The van der Waals surface area contributed by atoms with E-state index in [4.69, 9.17) is 0 Å². The zero-order valence-corrected chi connectivity index (χ0v) is 13.9. The number of benzene rings is 1. The van der Waals surface area contributed by atoms with E-state index in [1.807, 2.05) is 42.5 Å². The van der Waals surface area contributed by atoms with Gasteiger partial charge in [0, 0.05) is 45.4 Å². The van der Waals surface area contributed by atoms with Gasteiger partial charge >= 0.3 is 0 Å². The van der Waals surface area contributed by atoms with E-state index in [0.29, 0.717) is 26.1 Å². The van der Waals surface area contributed by atoms with Crippen LogP contribution in [0.5, 0.6) is 0 Å². The van der Waals surface area contributed by atoms with Crippen molar-refractivity contribution in [3.05, 3.63) is 66.0 Å². The van der Waals surface area contributed by atoms with Gasteiger partial charge in [0.05, 0.1) is 0 Å². The molecule has 0 spiro atoms. The lowest BCUT2D eigenvalue weighted by Crippen LogP contribution is -2.35. The Labute approximate surface area is 142 Å². The summed E-state index contributed by atoms with van der Waals surface area (Å²) in [5, 5.41) is 2.86. The molecule has 0 aliphatic rings. The molecule has 5 heteroatoms. The number of nitrogens with zero attached hydrogens (tertiary/aromatic N) is 2. The Bertz CT molecular complexity index is 644. The molecule has 1 aromatic carbocycles. The first-order valence-electron chi connectivity index (χ1n) is 8.10. The van der Waals surface area contributed by atoms with Crippen molar-refractivity contribution in [2.45, 2.75) is 26.3 Å². The lowest BCUT2D eigenvalue weighted by atomic mass is 10.1. The third-order valence-electron chi connectivity index (χ3n) is 3.81. The Morgan fingerprint density at radius 1 is 1.00 bits per heavy atom. The largest absolute Gasteiger partial charge is 0.352 e. The zero-order valence-electron chi connectivity index (χ0n) is 13.9. The number of nitrogens with one attached hydrogen (secondary N) is 1. The van der Waals surface area contributed by atoms with Crippen LogP contribution in [0.1, 0.15) is 24.5 Å². The van der Waals surface area contributed by atoms with E-state index in [-0.39, 0.29) is 11.8 Å². The van der Waals surface area contributed by atoms with E-state index in [1.54, 1.807) is 24.2 Å². The molecule has 1 heterocycles. The fraction of sp³-hybridized carbons (Fsp3) is 0.316. The first kappa shape index (κ1) is 17.7. The summed E-state index contributed by atoms with van der Waals surface area (Å²) in [7, 11) is 0. The van der Waals surface area contributed by atoms with Crippen LogP contribution in [0.25, 0.3) is 0 Å². The van der Waals surface area contributed by atoms with Crippen molar-refractivity contribution in [2.24, 2.45) is 0 Å². The molecule has 126 valence electrons. The smallest absolute Gasteiger partial charge is 0.222 e. The van der Waals surface area contributed by atoms with Crippen LogP contribution in [0, 0.1) is 0 Å². The maximum Gasteiger partial charge on any atom is 0.222 e. The van der Waals surface area contributed by atoms with E-state index in [2.05, 4.69) is 10.3 Å². The molecule has 0 radical (unpaired) electrons. The average Bonchev–Trinajstić information content (AvgIpc) is 2.61. The number of hydrogen-bond donors (Lipinski definition) is 1. The normalized spacial score (nSPS) is 10.2. The SMILES string of the molecule is CC(=O)N(CCC(=O)NCc1ccncc1)CCc1ccccc1. The maximum atomic E-state index is 12.0. The fourth-order valence-corrected chi connectivity index (χ4v) is 2.36. The fourth-order valence-electron chi connectivity index (χ4n) is 2.36. The molecular weight excluding hydrogens is 302 g/mol. The Balaban J connectivity index is 1.74. The first-order valence-corrected chi connectivity index (χ1v) is 8.10. The summed E-state index contributed by atoms with van der Waals surface area (Å²) in [4.78, 5) is 29.4. The number of hydrogen-bond acceptors (Lipinski definition) is 3. The molecule has 2 aromatic rings. The Morgan fingerprint density at radius 3 is 2.38 bits per heavy atom. The summed E-state index contributed by atoms with van der Waals surface area (Å²) < 4.78 is 0. The third-order valence-corrected chi connectivity index (χ3v) is 3.81. The van der Waals surface area contributed by atoms with Gasteiger partial charge in [-0.3, -0.25) is 14.6 Å². The van der Waals surface area contributed by atoms with Crippen LogP contribution in [0.2, 0.25) is 0 Å². The van der Waals surface area contributed by atoms with Crippen LogP contribution < -0.4 is 5.32 Å². The number of rotatable bonds is 8. The van der Waals surface area contributed by atoms with Crippen LogP contribution in [0.3, 0.4) is 0 Å². The van der Waals surface area contributed by atoms with Crippen molar-refractivity contribution in [2.75, 3.05) is 13.1 Å². The van der Waals surface area contributed by atoms with E-state index in [9.17, 15) is 9.59 Å². The quantitative estimate of drug-likeness (QED) is 0.809. The highest BCUT2D eigenvalue weighted by molar-refractivity contribution is 5.78.